The Hall–Kier alpha value is -1.82. The van der Waals surface area contributed by atoms with Crippen LogP contribution in [-0.2, 0) is 11.3 Å². The van der Waals surface area contributed by atoms with Gasteiger partial charge in [0.1, 0.15) is 0 Å². The molecule has 0 unspecified atom stereocenters. The van der Waals surface area contributed by atoms with E-state index in [1.807, 2.05) is 6.07 Å². The van der Waals surface area contributed by atoms with Gasteiger partial charge in [-0.25, -0.2) is 0 Å². The third-order valence-corrected chi connectivity index (χ3v) is 6.26. The van der Waals surface area contributed by atoms with Crippen molar-refractivity contribution in [2.75, 3.05) is 12.3 Å². The fourth-order valence-electron chi connectivity index (χ4n) is 3.92. The molecule has 27 heavy (non-hydrogen) atoms. The molecular weight excluding hydrogens is 356 g/mol. The number of aryl methyl sites for hydroxylation is 1. The zero-order chi connectivity index (χ0) is 19.2. The molecule has 0 saturated heterocycles. The van der Waals surface area contributed by atoms with Crippen molar-refractivity contribution in [3.05, 3.63) is 29.8 Å². The van der Waals surface area contributed by atoms with Gasteiger partial charge in [0.2, 0.25) is 5.91 Å². The van der Waals surface area contributed by atoms with Gasteiger partial charge in [-0.15, -0.1) is 10.2 Å². The number of carbonyl (C=O) groups excluding carboxylic acids is 1. The Labute approximate surface area is 166 Å². The fourth-order valence-corrected chi connectivity index (χ4v) is 4.81. The molecule has 5 nitrogen and oxygen atoms in total. The molecule has 0 bridgehead atoms. The van der Waals surface area contributed by atoms with Gasteiger partial charge in [0, 0.05) is 24.7 Å². The molecule has 0 atom stereocenters. The Bertz CT molecular complexity index is 767. The van der Waals surface area contributed by atoms with Gasteiger partial charge in [-0.3, -0.25) is 4.79 Å². The van der Waals surface area contributed by atoms with Gasteiger partial charge in [0.15, 0.2) is 11.0 Å². The van der Waals surface area contributed by atoms with Gasteiger partial charge in [-0.2, -0.15) is 0 Å². The molecule has 146 valence electrons. The predicted octanol–water partition coefficient (Wildman–Crippen LogP) is 4.55. The fraction of sp³-hybridized carbons (Fsp3) is 0.571. The zero-order valence-electron chi connectivity index (χ0n) is 16.6. The lowest BCUT2D eigenvalue weighted by Crippen LogP contribution is -2.42. The second-order valence-corrected chi connectivity index (χ2v) is 8.12. The number of nitrogens with zero attached hydrogens (tertiary/aromatic N) is 4. The van der Waals surface area contributed by atoms with Gasteiger partial charge in [0.05, 0.1) is 5.75 Å². The van der Waals surface area contributed by atoms with Crippen LogP contribution < -0.4 is 0 Å². The third-order valence-electron chi connectivity index (χ3n) is 5.31. The first kappa shape index (κ1) is 19.9. The minimum Gasteiger partial charge on any atom is -0.339 e. The number of hydrogen-bond donors (Lipinski definition) is 0. The van der Waals surface area contributed by atoms with E-state index in [4.69, 9.17) is 0 Å². The Morgan fingerprint density at radius 1 is 1.22 bits per heavy atom. The molecule has 1 aliphatic rings. The maximum atomic E-state index is 12.8. The lowest BCUT2D eigenvalue weighted by atomic mass is 9.94. The van der Waals surface area contributed by atoms with Crippen molar-refractivity contribution in [2.45, 2.75) is 70.6 Å². The lowest BCUT2D eigenvalue weighted by molar-refractivity contribution is -0.131. The molecule has 1 aliphatic carbocycles. The molecule has 1 fully saturated rings. The summed E-state index contributed by atoms with van der Waals surface area (Å²) in [4.78, 5) is 14.9. The molecule has 3 rings (SSSR count). The topological polar surface area (TPSA) is 51.0 Å². The maximum Gasteiger partial charge on any atom is 0.233 e. The Balaban J connectivity index is 1.69. The predicted molar refractivity (Wildman–Crippen MR) is 111 cm³/mol. The quantitative estimate of drug-likeness (QED) is 0.655. The van der Waals surface area contributed by atoms with Gasteiger partial charge in [-0.05, 0) is 39.7 Å². The molecule has 0 aliphatic heterocycles. The van der Waals surface area contributed by atoms with Crippen LogP contribution in [-0.4, -0.2) is 43.9 Å². The van der Waals surface area contributed by atoms with E-state index >= 15 is 0 Å². The number of aromatic nitrogens is 3. The lowest BCUT2D eigenvalue weighted by Gasteiger charge is -2.33. The van der Waals surface area contributed by atoms with Crippen LogP contribution in [0, 0.1) is 6.92 Å². The summed E-state index contributed by atoms with van der Waals surface area (Å²) in [7, 11) is 0. The molecule has 1 saturated carbocycles. The Morgan fingerprint density at radius 3 is 2.67 bits per heavy atom. The van der Waals surface area contributed by atoms with Gasteiger partial charge in [0.25, 0.3) is 0 Å². The van der Waals surface area contributed by atoms with E-state index in [2.05, 4.69) is 58.6 Å². The van der Waals surface area contributed by atoms with E-state index in [1.54, 1.807) is 0 Å². The molecule has 2 aromatic rings. The molecule has 1 aromatic heterocycles. The van der Waals surface area contributed by atoms with Crippen LogP contribution in [0.25, 0.3) is 11.4 Å². The highest BCUT2D eigenvalue weighted by molar-refractivity contribution is 7.99. The molecule has 1 amide bonds. The second kappa shape index (κ2) is 9.40. The van der Waals surface area contributed by atoms with Gasteiger partial charge < -0.3 is 9.47 Å². The zero-order valence-corrected chi connectivity index (χ0v) is 17.5. The van der Waals surface area contributed by atoms with Crippen LogP contribution in [0.5, 0.6) is 0 Å². The molecule has 6 heteroatoms. The minimum atomic E-state index is 0.220. The largest absolute Gasteiger partial charge is 0.339 e. The van der Waals surface area contributed by atoms with Crippen molar-refractivity contribution in [3.63, 3.8) is 0 Å². The molecular formula is C21H30N4OS. The van der Waals surface area contributed by atoms with E-state index in [9.17, 15) is 4.79 Å². The van der Waals surface area contributed by atoms with Crippen molar-refractivity contribution in [2.24, 2.45) is 0 Å². The molecule has 0 radical (unpaired) electrons. The van der Waals surface area contributed by atoms with E-state index in [1.165, 1.54) is 36.6 Å². The maximum absolute atomic E-state index is 12.8. The van der Waals surface area contributed by atoms with Gasteiger partial charge >= 0.3 is 0 Å². The summed E-state index contributed by atoms with van der Waals surface area (Å²) in [6.45, 7) is 7.83. The minimum absolute atomic E-state index is 0.220. The highest BCUT2D eigenvalue weighted by Crippen LogP contribution is 2.26. The van der Waals surface area contributed by atoms with Crippen LogP contribution in [0.3, 0.4) is 0 Å². The van der Waals surface area contributed by atoms with Crippen LogP contribution in [0.1, 0.15) is 51.5 Å². The number of hydrogen-bond acceptors (Lipinski definition) is 4. The highest BCUT2D eigenvalue weighted by atomic mass is 32.2. The van der Waals surface area contributed by atoms with Crippen LogP contribution in [0.4, 0.5) is 0 Å². The summed E-state index contributed by atoms with van der Waals surface area (Å²) in [6, 6.07) is 8.72. The molecule has 0 spiro atoms. The van der Waals surface area contributed by atoms with E-state index < -0.39 is 0 Å². The number of thioether (sulfide) groups is 1. The standard InChI is InChI=1S/C21H30N4OS/c1-4-24(18-12-7-6-8-13-18)19(26)15-27-21-23-22-20(25(21)5-2)17-11-9-10-16(3)14-17/h9-11,14,18H,4-8,12-13,15H2,1-3H3. The highest BCUT2D eigenvalue weighted by Gasteiger charge is 2.24. The first-order valence-corrected chi connectivity index (χ1v) is 11.0. The third kappa shape index (κ3) is 4.72. The summed E-state index contributed by atoms with van der Waals surface area (Å²) in [5.41, 5.74) is 2.27. The van der Waals surface area contributed by atoms with Crippen LogP contribution in [0.2, 0.25) is 0 Å². The van der Waals surface area contributed by atoms with E-state index in [-0.39, 0.29) is 5.91 Å². The van der Waals surface area contributed by atoms with Crippen molar-refractivity contribution in [1.29, 1.82) is 0 Å². The molecule has 1 heterocycles. The van der Waals surface area contributed by atoms with Gasteiger partial charge in [-0.1, -0.05) is 54.8 Å². The Morgan fingerprint density at radius 2 is 2.00 bits per heavy atom. The Kier molecular flexibility index (Phi) is 6.94. The number of benzene rings is 1. The van der Waals surface area contributed by atoms with E-state index in [0.717, 1.165) is 42.5 Å². The van der Waals surface area contributed by atoms with Crippen LogP contribution in [0.15, 0.2) is 29.4 Å². The monoisotopic (exact) mass is 386 g/mol. The summed E-state index contributed by atoms with van der Waals surface area (Å²) < 4.78 is 2.10. The molecule has 1 aromatic carbocycles. The van der Waals surface area contributed by atoms with Crippen molar-refractivity contribution >= 4 is 17.7 Å². The average molecular weight is 387 g/mol. The smallest absolute Gasteiger partial charge is 0.233 e. The summed E-state index contributed by atoms with van der Waals surface area (Å²) in [5.74, 6) is 1.52. The number of amides is 1. The summed E-state index contributed by atoms with van der Waals surface area (Å²) >= 11 is 1.51. The van der Waals surface area contributed by atoms with E-state index in [0.29, 0.717) is 11.8 Å². The summed E-state index contributed by atoms with van der Waals surface area (Å²) in [5, 5.41) is 9.59. The summed E-state index contributed by atoms with van der Waals surface area (Å²) in [6.07, 6.45) is 6.08. The SMILES string of the molecule is CCN(C(=O)CSc1nnc(-c2cccc(C)c2)n1CC)C1CCCCC1. The van der Waals surface area contributed by atoms with Crippen molar-refractivity contribution < 1.29 is 4.79 Å². The first-order valence-electron chi connectivity index (χ1n) is 10.1. The van der Waals surface area contributed by atoms with Crippen molar-refractivity contribution in [3.8, 4) is 11.4 Å². The molecule has 0 N–H and O–H groups in total. The first-order chi connectivity index (χ1) is 13.1. The van der Waals surface area contributed by atoms with Crippen molar-refractivity contribution in [1.82, 2.24) is 19.7 Å². The average Bonchev–Trinajstić information content (AvgIpc) is 3.11. The number of carbonyl (C=O) groups is 1. The van der Waals surface area contributed by atoms with Crippen LogP contribution >= 0.6 is 11.8 Å². The normalized spacial score (nSPS) is 15.1. The number of rotatable bonds is 7. The second-order valence-electron chi connectivity index (χ2n) is 7.18.